The van der Waals surface area contributed by atoms with Gasteiger partial charge < -0.3 is 19.7 Å². The van der Waals surface area contributed by atoms with Gasteiger partial charge in [0.1, 0.15) is 25.0 Å². The number of hydrogen-bond donors (Lipinski definition) is 2. The molecule has 1 fully saturated rings. The predicted octanol–water partition coefficient (Wildman–Crippen LogP) is 2.12. The number of hydrogen-bond acceptors (Lipinski definition) is 6. The van der Waals surface area contributed by atoms with Crippen LogP contribution < -0.4 is 15.4 Å². The van der Waals surface area contributed by atoms with Crippen molar-refractivity contribution >= 4 is 57.7 Å². The van der Waals surface area contributed by atoms with E-state index in [9.17, 15) is 14.4 Å². The number of rotatable bonds is 7. The largest absolute Gasteiger partial charge is 0.490 e. The average molecular weight is 567 g/mol. The average Bonchev–Trinajstić information content (AvgIpc) is 2.78. The summed E-state index contributed by atoms with van der Waals surface area (Å²) in [6.07, 6.45) is -0.198. The van der Waals surface area contributed by atoms with Gasteiger partial charge in [-0.15, -0.1) is 0 Å². The molecule has 0 spiro atoms. The highest BCUT2D eigenvalue weighted by atomic mass is 127. The van der Waals surface area contributed by atoms with Crippen LogP contribution in [0.1, 0.15) is 16.8 Å². The molecule has 1 aliphatic heterocycles. The number of benzene rings is 2. The molecule has 2 amide bonds. The number of carbonyl (C=O) groups is 3. The second-order valence-electron chi connectivity index (χ2n) is 6.86. The van der Waals surface area contributed by atoms with E-state index in [1.165, 1.54) is 0 Å². The zero-order valence-corrected chi connectivity index (χ0v) is 20.1. The first-order chi connectivity index (χ1) is 15.4. The molecule has 3 rings (SSSR count). The van der Waals surface area contributed by atoms with Crippen molar-refractivity contribution in [3.05, 3.63) is 63.7 Å². The second-order valence-corrected chi connectivity index (χ2v) is 8.49. The molecule has 1 heterocycles. The summed E-state index contributed by atoms with van der Waals surface area (Å²) in [5.41, 5.74) is 0.454. The van der Waals surface area contributed by atoms with Crippen molar-refractivity contribution in [3.63, 3.8) is 0 Å². The molecule has 0 aliphatic carbocycles. The third-order valence-corrected chi connectivity index (χ3v) is 5.62. The highest BCUT2D eigenvalue weighted by molar-refractivity contribution is 14.1. The number of halogens is 1. The summed E-state index contributed by atoms with van der Waals surface area (Å²) in [6, 6.07) is 15.4. The number of nitrogens with zero attached hydrogens (tertiary/aromatic N) is 1. The van der Waals surface area contributed by atoms with Crippen molar-refractivity contribution in [1.82, 2.24) is 15.5 Å². The number of esters is 1. The molecule has 168 valence electrons. The number of carbonyl (C=O) groups excluding carboxylic acids is 3. The Hall–Kier alpha value is -2.73. The molecule has 1 unspecified atom stereocenters. The molecule has 0 bridgehead atoms. The normalized spacial score (nSPS) is 15.5. The fourth-order valence-corrected chi connectivity index (χ4v) is 3.93. The Morgan fingerprint density at radius 2 is 1.94 bits per heavy atom. The van der Waals surface area contributed by atoms with E-state index in [1.54, 1.807) is 35.2 Å². The van der Waals surface area contributed by atoms with Crippen LogP contribution in [0.15, 0.2) is 54.6 Å². The molecule has 1 saturated heterocycles. The summed E-state index contributed by atoms with van der Waals surface area (Å²) >= 11 is 7.48. The van der Waals surface area contributed by atoms with Crippen molar-refractivity contribution in [1.29, 1.82) is 0 Å². The Balaban J connectivity index is 1.52. The lowest BCUT2D eigenvalue weighted by Crippen LogP contribution is -2.60. The van der Waals surface area contributed by atoms with Gasteiger partial charge in [0.15, 0.2) is 5.11 Å². The molecule has 32 heavy (non-hydrogen) atoms. The molecule has 2 aromatic rings. The number of piperazine rings is 1. The monoisotopic (exact) mass is 567 g/mol. The van der Waals surface area contributed by atoms with Gasteiger partial charge in [-0.3, -0.25) is 19.7 Å². The molecule has 2 aromatic carbocycles. The second kappa shape index (κ2) is 11.8. The third-order valence-electron chi connectivity index (χ3n) is 4.62. The zero-order valence-electron chi connectivity index (χ0n) is 17.1. The van der Waals surface area contributed by atoms with Gasteiger partial charge in [-0.1, -0.05) is 24.3 Å². The lowest BCUT2D eigenvalue weighted by atomic mass is 10.1. The Morgan fingerprint density at radius 3 is 2.69 bits per heavy atom. The zero-order chi connectivity index (χ0) is 22.9. The van der Waals surface area contributed by atoms with Crippen molar-refractivity contribution in [2.24, 2.45) is 0 Å². The van der Waals surface area contributed by atoms with Gasteiger partial charge in [0, 0.05) is 22.2 Å². The van der Waals surface area contributed by atoms with Crippen LogP contribution in [-0.2, 0) is 14.3 Å². The molecule has 1 aliphatic rings. The molecular formula is C22H22IN3O5S. The van der Waals surface area contributed by atoms with Gasteiger partial charge in [0.25, 0.3) is 5.91 Å². The lowest BCUT2D eigenvalue weighted by molar-refractivity contribution is -0.148. The van der Waals surface area contributed by atoms with Crippen molar-refractivity contribution in [2.75, 3.05) is 26.3 Å². The number of ether oxygens (including phenoxy) is 2. The molecular weight excluding hydrogens is 545 g/mol. The maximum absolute atomic E-state index is 12.5. The first-order valence-electron chi connectivity index (χ1n) is 9.93. The van der Waals surface area contributed by atoms with Crippen LogP contribution >= 0.6 is 34.8 Å². The van der Waals surface area contributed by atoms with Crippen molar-refractivity contribution in [3.8, 4) is 5.75 Å². The summed E-state index contributed by atoms with van der Waals surface area (Å²) in [5, 5.41) is 5.46. The van der Waals surface area contributed by atoms with Gasteiger partial charge in [0.05, 0.1) is 6.42 Å². The van der Waals surface area contributed by atoms with E-state index in [0.29, 0.717) is 24.4 Å². The van der Waals surface area contributed by atoms with E-state index in [0.717, 1.165) is 3.57 Å². The van der Waals surface area contributed by atoms with Crippen LogP contribution in [-0.4, -0.2) is 60.1 Å². The maximum atomic E-state index is 12.5. The molecule has 1 atom stereocenters. The molecule has 0 aromatic heterocycles. The van der Waals surface area contributed by atoms with Crippen LogP contribution in [0.25, 0.3) is 0 Å². The fourth-order valence-electron chi connectivity index (χ4n) is 3.08. The van der Waals surface area contributed by atoms with Gasteiger partial charge >= 0.3 is 5.97 Å². The van der Waals surface area contributed by atoms with Crippen LogP contribution in [0.4, 0.5) is 0 Å². The minimum atomic E-state index is -0.866. The quantitative estimate of drug-likeness (QED) is 0.229. The van der Waals surface area contributed by atoms with Gasteiger partial charge in [-0.2, -0.15) is 0 Å². The summed E-state index contributed by atoms with van der Waals surface area (Å²) in [5.74, 6) is -0.602. The van der Waals surface area contributed by atoms with Crippen LogP contribution in [0, 0.1) is 3.57 Å². The maximum Gasteiger partial charge on any atom is 0.308 e. The molecule has 8 nitrogen and oxygen atoms in total. The first kappa shape index (κ1) is 23.9. The van der Waals surface area contributed by atoms with E-state index in [2.05, 4.69) is 33.2 Å². The highest BCUT2D eigenvalue weighted by Crippen LogP contribution is 2.13. The van der Waals surface area contributed by atoms with E-state index in [-0.39, 0.29) is 36.6 Å². The Kier molecular flexibility index (Phi) is 8.80. The summed E-state index contributed by atoms with van der Waals surface area (Å²) in [7, 11) is 0. The van der Waals surface area contributed by atoms with E-state index in [1.807, 2.05) is 24.3 Å². The molecule has 0 saturated carbocycles. The minimum Gasteiger partial charge on any atom is -0.490 e. The third kappa shape index (κ3) is 6.89. The van der Waals surface area contributed by atoms with Gasteiger partial charge in [-0.25, -0.2) is 0 Å². The Morgan fingerprint density at radius 1 is 1.16 bits per heavy atom. The lowest BCUT2D eigenvalue weighted by Gasteiger charge is -2.36. The molecule has 0 radical (unpaired) electrons. The molecule has 10 heteroatoms. The van der Waals surface area contributed by atoms with E-state index in [4.69, 9.17) is 21.7 Å². The number of amides is 2. The number of para-hydroxylation sites is 1. The van der Waals surface area contributed by atoms with Crippen LogP contribution in [0.5, 0.6) is 5.75 Å². The smallest absolute Gasteiger partial charge is 0.308 e. The van der Waals surface area contributed by atoms with Crippen LogP contribution in [0.3, 0.4) is 0 Å². The molecule has 2 N–H and O–H groups in total. The van der Waals surface area contributed by atoms with Crippen LogP contribution in [0.2, 0.25) is 0 Å². The summed E-state index contributed by atoms with van der Waals surface area (Å²) in [4.78, 5) is 38.8. The first-order valence-corrected chi connectivity index (χ1v) is 11.4. The summed E-state index contributed by atoms with van der Waals surface area (Å²) in [6.45, 7) is 0.970. The Bertz CT molecular complexity index is 989. The van der Waals surface area contributed by atoms with Gasteiger partial charge in [0.2, 0.25) is 5.91 Å². The number of nitrogens with one attached hydrogen (secondary N) is 2. The fraction of sp³-hybridized carbons (Fsp3) is 0.273. The van der Waals surface area contributed by atoms with E-state index < -0.39 is 12.0 Å². The standard InChI is InChI=1S/C22H22IN3O5S/c23-16-6-4-5-15(13-16)20(28)25-22(32)26-10-9-24-21(29)18(26)14-19(27)31-12-11-30-17-7-2-1-3-8-17/h1-8,13,18H,9-12,14H2,(H,24,29)(H,25,28,32). The number of thiocarbonyl (C=S) groups is 1. The van der Waals surface area contributed by atoms with Crippen molar-refractivity contribution in [2.45, 2.75) is 12.5 Å². The van der Waals surface area contributed by atoms with Gasteiger partial charge in [-0.05, 0) is 65.1 Å². The summed E-state index contributed by atoms with van der Waals surface area (Å²) < 4.78 is 11.6. The highest BCUT2D eigenvalue weighted by Gasteiger charge is 2.34. The SMILES string of the molecule is O=C(CC1C(=O)NCCN1C(=S)NC(=O)c1cccc(I)c1)OCCOc1ccccc1. The predicted molar refractivity (Wildman–Crippen MR) is 130 cm³/mol. The Labute approximate surface area is 204 Å². The minimum absolute atomic E-state index is 0.0515. The van der Waals surface area contributed by atoms with E-state index >= 15 is 0 Å². The van der Waals surface area contributed by atoms with Crippen molar-refractivity contribution < 1.29 is 23.9 Å². The topological polar surface area (TPSA) is 97.0 Å².